The van der Waals surface area contributed by atoms with Crippen LogP contribution < -0.4 is 4.74 Å². The Morgan fingerprint density at radius 1 is 1.39 bits per heavy atom. The molecule has 1 aromatic carbocycles. The molecule has 0 saturated carbocycles. The number of piperidine rings is 1. The maximum absolute atomic E-state index is 10.9. The van der Waals surface area contributed by atoms with Gasteiger partial charge in [0.2, 0.25) is 0 Å². The molecule has 0 unspecified atom stereocenters. The SMILES string of the molecule is CCN(CC(=O)O)C1CCN(CCOc2cccc(C)c2)CC1. The fourth-order valence-electron chi connectivity index (χ4n) is 3.18. The van der Waals surface area contributed by atoms with Crippen molar-refractivity contribution in [1.82, 2.24) is 9.80 Å². The molecule has 0 atom stereocenters. The molecule has 0 radical (unpaired) electrons. The predicted octanol–water partition coefficient (Wildman–Crippen LogP) is 2.24. The summed E-state index contributed by atoms with van der Waals surface area (Å²) in [5.74, 6) is 0.194. The van der Waals surface area contributed by atoms with E-state index in [9.17, 15) is 4.79 Å². The number of ether oxygens (including phenoxy) is 1. The lowest BCUT2D eigenvalue weighted by atomic mass is 10.0. The summed E-state index contributed by atoms with van der Waals surface area (Å²) >= 11 is 0. The van der Waals surface area contributed by atoms with E-state index in [4.69, 9.17) is 9.84 Å². The van der Waals surface area contributed by atoms with Crippen molar-refractivity contribution < 1.29 is 14.6 Å². The molecule has 0 amide bonds. The van der Waals surface area contributed by atoms with E-state index in [-0.39, 0.29) is 6.54 Å². The molecular weight excluding hydrogens is 292 g/mol. The third-order valence-corrected chi connectivity index (χ3v) is 4.48. The van der Waals surface area contributed by atoms with Gasteiger partial charge in [0.15, 0.2) is 0 Å². The number of hydrogen-bond donors (Lipinski definition) is 1. The van der Waals surface area contributed by atoms with E-state index < -0.39 is 5.97 Å². The average Bonchev–Trinajstić information content (AvgIpc) is 2.53. The molecule has 1 saturated heterocycles. The number of likely N-dealkylation sites (N-methyl/N-ethyl adjacent to an activating group) is 1. The standard InChI is InChI=1S/C18H28N2O3/c1-3-20(14-18(21)22)16-7-9-19(10-8-16)11-12-23-17-6-4-5-15(2)13-17/h4-6,13,16H,3,7-12,14H2,1-2H3,(H,21,22). The van der Waals surface area contributed by atoms with Crippen LogP contribution in [0.3, 0.4) is 0 Å². The lowest BCUT2D eigenvalue weighted by molar-refractivity contribution is -0.139. The Kier molecular flexibility index (Phi) is 6.86. The number of nitrogens with zero attached hydrogens (tertiary/aromatic N) is 2. The van der Waals surface area contributed by atoms with Crippen molar-refractivity contribution in [3.63, 3.8) is 0 Å². The van der Waals surface area contributed by atoms with Crippen LogP contribution in [0.25, 0.3) is 0 Å². The second kappa shape index (κ2) is 8.89. The molecule has 1 heterocycles. The van der Waals surface area contributed by atoms with Crippen LogP contribution in [0, 0.1) is 6.92 Å². The molecule has 1 fully saturated rings. The van der Waals surface area contributed by atoms with Crippen LogP contribution in [0.1, 0.15) is 25.3 Å². The van der Waals surface area contributed by atoms with E-state index in [1.54, 1.807) is 0 Å². The largest absolute Gasteiger partial charge is 0.492 e. The van der Waals surface area contributed by atoms with Gasteiger partial charge in [-0.25, -0.2) is 0 Å². The predicted molar refractivity (Wildman–Crippen MR) is 91.0 cm³/mol. The summed E-state index contributed by atoms with van der Waals surface area (Å²) in [5, 5.41) is 8.97. The number of aryl methyl sites for hydroxylation is 1. The van der Waals surface area contributed by atoms with Gasteiger partial charge >= 0.3 is 5.97 Å². The normalized spacial score (nSPS) is 16.7. The number of carboxylic acid groups (broad SMARTS) is 1. The third-order valence-electron chi connectivity index (χ3n) is 4.48. The van der Waals surface area contributed by atoms with Crippen molar-refractivity contribution in [3.05, 3.63) is 29.8 Å². The number of aliphatic carboxylic acids is 1. The molecular formula is C18H28N2O3. The Bertz CT molecular complexity index is 499. The summed E-state index contributed by atoms with van der Waals surface area (Å²) in [5.41, 5.74) is 1.21. The van der Waals surface area contributed by atoms with Gasteiger partial charge in [-0.2, -0.15) is 0 Å². The van der Waals surface area contributed by atoms with Crippen LogP contribution in [0.15, 0.2) is 24.3 Å². The fraction of sp³-hybridized carbons (Fsp3) is 0.611. The van der Waals surface area contributed by atoms with Crippen molar-refractivity contribution in [1.29, 1.82) is 0 Å². The highest BCUT2D eigenvalue weighted by Gasteiger charge is 2.24. The van der Waals surface area contributed by atoms with Crippen molar-refractivity contribution in [2.24, 2.45) is 0 Å². The van der Waals surface area contributed by atoms with Crippen LogP contribution in [0.4, 0.5) is 0 Å². The maximum Gasteiger partial charge on any atom is 0.317 e. The Morgan fingerprint density at radius 3 is 2.74 bits per heavy atom. The van der Waals surface area contributed by atoms with Crippen molar-refractivity contribution in [3.8, 4) is 5.75 Å². The fourth-order valence-corrected chi connectivity index (χ4v) is 3.18. The molecule has 23 heavy (non-hydrogen) atoms. The number of carbonyl (C=O) groups is 1. The lowest BCUT2D eigenvalue weighted by Gasteiger charge is -2.37. The Morgan fingerprint density at radius 2 is 2.13 bits per heavy atom. The molecule has 2 rings (SSSR count). The molecule has 1 aliphatic heterocycles. The lowest BCUT2D eigenvalue weighted by Crippen LogP contribution is -2.47. The number of hydrogen-bond acceptors (Lipinski definition) is 4. The first kappa shape index (κ1) is 17.8. The van der Waals surface area contributed by atoms with Crippen molar-refractivity contribution in [2.75, 3.05) is 39.3 Å². The molecule has 5 heteroatoms. The Labute approximate surface area is 138 Å². The maximum atomic E-state index is 10.9. The second-order valence-electron chi connectivity index (χ2n) is 6.19. The minimum atomic E-state index is -0.735. The highest BCUT2D eigenvalue weighted by molar-refractivity contribution is 5.69. The van der Waals surface area contributed by atoms with E-state index in [1.165, 1.54) is 5.56 Å². The number of likely N-dealkylation sites (tertiary alicyclic amines) is 1. The Hall–Kier alpha value is -1.59. The highest BCUT2D eigenvalue weighted by atomic mass is 16.5. The summed E-state index contributed by atoms with van der Waals surface area (Å²) in [6.07, 6.45) is 2.07. The third kappa shape index (κ3) is 5.84. The summed E-state index contributed by atoms with van der Waals surface area (Å²) < 4.78 is 5.81. The van der Waals surface area contributed by atoms with Gasteiger partial charge in [-0.15, -0.1) is 0 Å². The zero-order valence-electron chi connectivity index (χ0n) is 14.2. The van der Waals surface area contributed by atoms with Gasteiger partial charge in [-0.3, -0.25) is 14.6 Å². The molecule has 1 aromatic rings. The van der Waals surface area contributed by atoms with Gasteiger partial charge in [0.25, 0.3) is 0 Å². The number of benzene rings is 1. The van der Waals surface area contributed by atoms with Crippen LogP contribution >= 0.6 is 0 Å². The first-order valence-corrected chi connectivity index (χ1v) is 8.46. The zero-order valence-corrected chi connectivity index (χ0v) is 14.2. The van der Waals surface area contributed by atoms with Crippen LogP contribution in [0.2, 0.25) is 0 Å². The average molecular weight is 320 g/mol. The van der Waals surface area contributed by atoms with E-state index in [2.05, 4.69) is 28.9 Å². The number of carboxylic acids is 1. The zero-order chi connectivity index (χ0) is 16.7. The molecule has 1 aliphatic rings. The topological polar surface area (TPSA) is 53.0 Å². The molecule has 1 N–H and O–H groups in total. The summed E-state index contributed by atoms with van der Waals surface area (Å²) in [7, 11) is 0. The summed E-state index contributed by atoms with van der Waals surface area (Å²) in [6, 6.07) is 8.51. The first-order chi connectivity index (χ1) is 11.1. The van der Waals surface area contributed by atoms with E-state index in [0.717, 1.165) is 44.8 Å². The number of rotatable bonds is 8. The van der Waals surface area contributed by atoms with E-state index in [1.807, 2.05) is 19.1 Å². The summed E-state index contributed by atoms with van der Waals surface area (Å²) in [6.45, 7) is 8.69. The van der Waals surface area contributed by atoms with Gasteiger partial charge < -0.3 is 9.84 Å². The quantitative estimate of drug-likeness (QED) is 0.796. The van der Waals surface area contributed by atoms with Crippen LogP contribution in [-0.2, 0) is 4.79 Å². The minimum absolute atomic E-state index is 0.150. The molecule has 128 valence electrons. The van der Waals surface area contributed by atoms with E-state index >= 15 is 0 Å². The molecule has 5 nitrogen and oxygen atoms in total. The van der Waals surface area contributed by atoms with Crippen molar-refractivity contribution >= 4 is 5.97 Å². The van der Waals surface area contributed by atoms with Gasteiger partial charge in [-0.05, 0) is 57.1 Å². The second-order valence-corrected chi connectivity index (χ2v) is 6.19. The molecule has 0 aliphatic carbocycles. The van der Waals surface area contributed by atoms with Gasteiger partial charge in [0, 0.05) is 12.6 Å². The van der Waals surface area contributed by atoms with Gasteiger partial charge in [-0.1, -0.05) is 19.1 Å². The summed E-state index contributed by atoms with van der Waals surface area (Å²) in [4.78, 5) is 15.4. The van der Waals surface area contributed by atoms with Crippen molar-refractivity contribution in [2.45, 2.75) is 32.7 Å². The smallest absolute Gasteiger partial charge is 0.317 e. The Balaban J connectivity index is 1.69. The molecule has 0 aromatic heterocycles. The van der Waals surface area contributed by atoms with Gasteiger partial charge in [0.05, 0.1) is 6.54 Å². The minimum Gasteiger partial charge on any atom is -0.492 e. The van der Waals surface area contributed by atoms with Crippen LogP contribution in [0.5, 0.6) is 5.75 Å². The highest BCUT2D eigenvalue weighted by Crippen LogP contribution is 2.17. The van der Waals surface area contributed by atoms with E-state index in [0.29, 0.717) is 12.6 Å². The molecule has 0 bridgehead atoms. The first-order valence-electron chi connectivity index (χ1n) is 8.46. The van der Waals surface area contributed by atoms with Gasteiger partial charge in [0.1, 0.15) is 12.4 Å². The molecule has 0 spiro atoms. The van der Waals surface area contributed by atoms with Crippen LogP contribution in [-0.4, -0.2) is 66.2 Å². The monoisotopic (exact) mass is 320 g/mol.